The Morgan fingerprint density at radius 2 is 1.88 bits per heavy atom. The predicted molar refractivity (Wildman–Crippen MR) is 74.3 cm³/mol. The number of piperidine rings is 1. The van der Waals surface area contributed by atoms with E-state index in [0.717, 1.165) is 18.5 Å². The van der Waals surface area contributed by atoms with Crippen LogP contribution in [0.4, 0.5) is 0 Å². The standard InChI is InChI=1S/C15H30N2/c1-3-14(16-4-2)12-17-11-7-9-13-8-5-6-10-15(13)17/h13-16H,3-12H2,1-2H3/t13-,14?,15-/m1/s1. The Kier molecular flexibility index (Phi) is 5.30. The summed E-state index contributed by atoms with van der Waals surface area (Å²) in [6.45, 7) is 8.28. The van der Waals surface area contributed by atoms with E-state index in [0.29, 0.717) is 6.04 Å². The summed E-state index contributed by atoms with van der Waals surface area (Å²) in [5, 5.41) is 3.63. The van der Waals surface area contributed by atoms with Crippen LogP contribution >= 0.6 is 0 Å². The largest absolute Gasteiger partial charge is 0.313 e. The molecule has 3 atom stereocenters. The van der Waals surface area contributed by atoms with Crippen LogP contribution in [-0.2, 0) is 0 Å². The number of nitrogens with one attached hydrogen (secondary N) is 1. The quantitative estimate of drug-likeness (QED) is 0.792. The number of fused-ring (bicyclic) bond motifs is 1. The highest BCUT2D eigenvalue weighted by atomic mass is 15.2. The lowest BCUT2D eigenvalue weighted by Crippen LogP contribution is -2.51. The van der Waals surface area contributed by atoms with Crippen LogP contribution in [0.25, 0.3) is 0 Å². The van der Waals surface area contributed by atoms with Crippen molar-refractivity contribution in [3.63, 3.8) is 0 Å². The Morgan fingerprint density at radius 1 is 1.12 bits per heavy atom. The van der Waals surface area contributed by atoms with Gasteiger partial charge in [0.15, 0.2) is 0 Å². The van der Waals surface area contributed by atoms with Crippen molar-refractivity contribution in [3.05, 3.63) is 0 Å². The van der Waals surface area contributed by atoms with Crippen molar-refractivity contribution < 1.29 is 0 Å². The van der Waals surface area contributed by atoms with Crippen molar-refractivity contribution in [2.75, 3.05) is 19.6 Å². The molecule has 1 aliphatic heterocycles. The van der Waals surface area contributed by atoms with Gasteiger partial charge in [-0.25, -0.2) is 0 Å². The number of nitrogens with zero attached hydrogens (tertiary/aromatic N) is 1. The third-order valence-corrected chi connectivity index (χ3v) is 4.80. The molecule has 2 fully saturated rings. The molecule has 2 heteroatoms. The van der Waals surface area contributed by atoms with Crippen molar-refractivity contribution >= 4 is 0 Å². The fourth-order valence-corrected chi connectivity index (χ4v) is 3.86. The monoisotopic (exact) mass is 238 g/mol. The van der Waals surface area contributed by atoms with E-state index in [1.54, 1.807) is 0 Å². The van der Waals surface area contributed by atoms with Crippen LogP contribution in [0, 0.1) is 5.92 Å². The fourth-order valence-electron chi connectivity index (χ4n) is 3.86. The van der Waals surface area contributed by atoms with E-state index in [1.807, 2.05) is 0 Å². The van der Waals surface area contributed by atoms with Crippen molar-refractivity contribution in [2.45, 2.75) is 70.9 Å². The van der Waals surface area contributed by atoms with E-state index in [1.165, 1.54) is 58.0 Å². The lowest BCUT2D eigenvalue weighted by Gasteiger charge is -2.45. The zero-order valence-electron chi connectivity index (χ0n) is 11.8. The first-order chi connectivity index (χ1) is 8.35. The summed E-state index contributed by atoms with van der Waals surface area (Å²) in [7, 11) is 0. The molecule has 1 saturated carbocycles. The minimum atomic E-state index is 0.709. The molecule has 2 rings (SSSR count). The Morgan fingerprint density at radius 3 is 2.65 bits per heavy atom. The van der Waals surface area contributed by atoms with Gasteiger partial charge in [0.2, 0.25) is 0 Å². The van der Waals surface area contributed by atoms with Gasteiger partial charge < -0.3 is 5.32 Å². The van der Waals surface area contributed by atoms with Gasteiger partial charge in [-0.05, 0) is 51.1 Å². The molecule has 1 heterocycles. The zero-order chi connectivity index (χ0) is 12.1. The normalized spacial score (nSPS) is 32.1. The van der Waals surface area contributed by atoms with E-state index in [9.17, 15) is 0 Å². The van der Waals surface area contributed by atoms with Gasteiger partial charge >= 0.3 is 0 Å². The molecule has 17 heavy (non-hydrogen) atoms. The summed E-state index contributed by atoms with van der Waals surface area (Å²) in [6.07, 6.45) is 10.1. The molecule has 0 spiro atoms. The minimum Gasteiger partial charge on any atom is -0.313 e. The number of hydrogen-bond acceptors (Lipinski definition) is 2. The third kappa shape index (κ3) is 3.45. The molecule has 1 saturated heterocycles. The van der Waals surface area contributed by atoms with Crippen LogP contribution in [0.2, 0.25) is 0 Å². The SMILES string of the molecule is CCNC(CC)CN1CCC[C@H]2CCCC[C@H]21. The second kappa shape index (κ2) is 6.75. The Labute approximate surface area is 107 Å². The average molecular weight is 238 g/mol. The third-order valence-electron chi connectivity index (χ3n) is 4.80. The Hall–Kier alpha value is -0.0800. The summed E-state index contributed by atoms with van der Waals surface area (Å²) in [6, 6.07) is 1.63. The number of likely N-dealkylation sites (tertiary alicyclic amines) is 1. The average Bonchev–Trinajstić information content (AvgIpc) is 2.38. The molecule has 0 aromatic carbocycles. The molecule has 100 valence electrons. The van der Waals surface area contributed by atoms with Crippen LogP contribution in [0.1, 0.15) is 58.8 Å². The highest BCUT2D eigenvalue weighted by Crippen LogP contribution is 2.35. The molecule has 1 aliphatic carbocycles. The van der Waals surface area contributed by atoms with Gasteiger partial charge in [-0.15, -0.1) is 0 Å². The molecule has 0 bridgehead atoms. The lowest BCUT2D eigenvalue weighted by molar-refractivity contribution is 0.0527. The van der Waals surface area contributed by atoms with Crippen molar-refractivity contribution in [1.82, 2.24) is 10.2 Å². The summed E-state index contributed by atoms with van der Waals surface area (Å²) in [4.78, 5) is 2.81. The number of likely N-dealkylation sites (N-methyl/N-ethyl adjacent to an activating group) is 1. The van der Waals surface area contributed by atoms with Gasteiger partial charge in [-0.2, -0.15) is 0 Å². The van der Waals surface area contributed by atoms with Gasteiger partial charge in [0.25, 0.3) is 0 Å². The zero-order valence-corrected chi connectivity index (χ0v) is 11.8. The van der Waals surface area contributed by atoms with Crippen molar-refractivity contribution in [2.24, 2.45) is 5.92 Å². The summed E-state index contributed by atoms with van der Waals surface area (Å²) < 4.78 is 0. The van der Waals surface area contributed by atoms with Crippen LogP contribution in [-0.4, -0.2) is 36.6 Å². The molecular weight excluding hydrogens is 208 g/mol. The second-order valence-corrected chi connectivity index (χ2v) is 5.91. The van der Waals surface area contributed by atoms with E-state index < -0.39 is 0 Å². The van der Waals surface area contributed by atoms with E-state index in [2.05, 4.69) is 24.1 Å². The number of hydrogen-bond donors (Lipinski definition) is 1. The molecular formula is C15H30N2. The van der Waals surface area contributed by atoms with Gasteiger partial charge in [0, 0.05) is 18.6 Å². The molecule has 2 nitrogen and oxygen atoms in total. The van der Waals surface area contributed by atoms with Gasteiger partial charge in [-0.1, -0.05) is 26.7 Å². The van der Waals surface area contributed by atoms with Gasteiger partial charge in [0.05, 0.1) is 0 Å². The maximum atomic E-state index is 3.63. The van der Waals surface area contributed by atoms with Gasteiger partial charge in [-0.3, -0.25) is 4.90 Å². The van der Waals surface area contributed by atoms with E-state index >= 15 is 0 Å². The van der Waals surface area contributed by atoms with E-state index in [4.69, 9.17) is 0 Å². The molecule has 0 aromatic heterocycles. The molecule has 2 aliphatic rings. The smallest absolute Gasteiger partial charge is 0.0192 e. The molecule has 1 unspecified atom stereocenters. The first-order valence-electron chi connectivity index (χ1n) is 7.82. The fraction of sp³-hybridized carbons (Fsp3) is 1.00. The van der Waals surface area contributed by atoms with Crippen LogP contribution in [0.15, 0.2) is 0 Å². The van der Waals surface area contributed by atoms with E-state index in [-0.39, 0.29) is 0 Å². The second-order valence-electron chi connectivity index (χ2n) is 5.91. The van der Waals surface area contributed by atoms with Crippen molar-refractivity contribution in [3.8, 4) is 0 Å². The number of rotatable bonds is 5. The van der Waals surface area contributed by atoms with Crippen molar-refractivity contribution in [1.29, 1.82) is 0 Å². The maximum absolute atomic E-state index is 3.63. The molecule has 0 amide bonds. The Balaban J connectivity index is 1.89. The van der Waals surface area contributed by atoms with Crippen LogP contribution in [0.5, 0.6) is 0 Å². The highest BCUT2D eigenvalue weighted by Gasteiger charge is 2.33. The highest BCUT2D eigenvalue weighted by molar-refractivity contribution is 4.88. The molecule has 1 N–H and O–H groups in total. The first-order valence-corrected chi connectivity index (χ1v) is 7.82. The summed E-state index contributed by atoms with van der Waals surface area (Å²) >= 11 is 0. The molecule has 0 radical (unpaired) electrons. The summed E-state index contributed by atoms with van der Waals surface area (Å²) in [5.74, 6) is 1.02. The van der Waals surface area contributed by atoms with Crippen LogP contribution < -0.4 is 5.32 Å². The van der Waals surface area contributed by atoms with Gasteiger partial charge in [0.1, 0.15) is 0 Å². The minimum absolute atomic E-state index is 0.709. The lowest BCUT2D eigenvalue weighted by atomic mass is 9.78. The maximum Gasteiger partial charge on any atom is 0.0192 e. The summed E-state index contributed by atoms with van der Waals surface area (Å²) in [5.41, 5.74) is 0. The first kappa shape index (κ1) is 13.4. The predicted octanol–water partition coefficient (Wildman–Crippen LogP) is 3.03. The Bertz CT molecular complexity index is 215. The molecule has 0 aromatic rings. The van der Waals surface area contributed by atoms with Crippen LogP contribution in [0.3, 0.4) is 0 Å². The topological polar surface area (TPSA) is 15.3 Å².